The Bertz CT molecular complexity index is 316. The Morgan fingerprint density at radius 1 is 1.62 bits per heavy atom. The highest BCUT2D eigenvalue weighted by atomic mass is 16.5. The lowest BCUT2D eigenvalue weighted by atomic mass is 9.70. The minimum absolute atomic E-state index is 0.00954. The van der Waals surface area contributed by atoms with Crippen molar-refractivity contribution in [2.45, 2.75) is 39.5 Å². The first kappa shape index (κ1) is 12.8. The number of esters is 1. The molecule has 0 radical (unpaired) electrons. The SMILES string of the molecule is CCOC(=O)C(C#N)(CC)C1C=CCCC1. The van der Waals surface area contributed by atoms with Crippen molar-refractivity contribution < 1.29 is 9.53 Å². The van der Waals surface area contributed by atoms with Crippen molar-refractivity contribution in [2.24, 2.45) is 11.3 Å². The highest BCUT2D eigenvalue weighted by Crippen LogP contribution is 2.38. The molecule has 0 fully saturated rings. The third kappa shape index (κ3) is 2.27. The summed E-state index contributed by atoms with van der Waals surface area (Å²) < 4.78 is 5.05. The van der Waals surface area contributed by atoms with Crippen LogP contribution in [0.2, 0.25) is 0 Å². The van der Waals surface area contributed by atoms with E-state index in [0.717, 1.165) is 19.3 Å². The minimum Gasteiger partial charge on any atom is -0.465 e. The van der Waals surface area contributed by atoms with Gasteiger partial charge in [-0.25, -0.2) is 0 Å². The fourth-order valence-corrected chi connectivity index (χ4v) is 2.25. The number of hydrogen-bond donors (Lipinski definition) is 0. The first-order chi connectivity index (χ1) is 7.71. The Kier molecular flexibility index (Phi) is 4.54. The molecular formula is C13H19NO2. The second-order valence-electron chi connectivity index (χ2n) is 4.12. The number of nitrogens with zero attached hydrogens (tertiary/aromatic N) is 1. The maximum absolute atomic E-state index is 11.9. The van der Waals surface area contributed by atoms with Crippen molar-refractivity contribution in [1.82, 2.24) is 0 Å². The van der Waals surface area contributed by atoms with Gasteiger partial charge in [-0.3, -0.25) is 4.79 Å². The van der Waals surface area contributed by atoms with Gasteiger partial charge in [-0.1, -0.05) is 19.1 Å². The molecule has 1 aliphatic carbocycles. The number of nitriles is 1. The van der Waals surface area contributed by atoms with E-state index in [-0.39, 0.29) is 11.9 Å². The quantitative estimate of drug-likeness (QED) is 0.541. The molecule has 16 heavy (non-hydrogen) atoms. The number of carbonyl (C=O) groups excluding carboxylic acids is 1. The lowest BCUT2D eigenvalue weighted by molar-refractivity contribution is -0.154. The highest BCUT2D eigenvalue weighted by molar-refractivity contribution is 5.80. The van der Waals surface area contributed by atoms with E-state index in [0.29, 0.717) is 13.0 Å². The summed E-state index contributed by atoms with van der Waals surface area (Å²) in [5.74, 6) is -0.355. The molecule has 0 N–H and O–H groups in total. The third-order valence-electron chi connectivity index (χ3n) is 3.28. The van der Waals surface area contributed by atoms with Crippen molar-refractivity contribution in [3.8, 4) is 6.07 Å². The standard InChI is InChI=1S/C13H19NO2/c1-3-13(10-14,12(15)16-4-2)11-8-6-5-7-9-11/h6,8,11H,3-5,7,9H2,1-2H3. The molecule has 0 aromatic rings. The zero-order valence-corrected chi connectivity index (χ0v) is 10.0. The fraction of sp³-hybridized carbons (Fsp3) is 0.692. The Morgan fingerprint density at radius 2 is 2.38 bits per heavy atom. The smallest absolute Gasteiger partial charge is 0.327 e. The number of carbonyl (C=O) groups is 1. The number of allylic oxidation sites excluding steroid dienone is 2. The van der Waals surface area contributed by atoms with E-state index in [9.17, 15) is 10.1 Å². The number of ether oxygens (including phenoxy) is 1. The van der Waals surface area contributed by atoms with Crippen molar-refractivity contribution in [3.05, 3.63) is 12.2 Å². The van der Waals surface area contributed by atoms with Crippen molar-refractivity contribution in [3.63, 3.8) is 0 Å². The van der Waals surface area contributed by atoms with Gasteiger partial charge in [-0.15, -0.1) is 0 Å². The van der Waals surface area contributed by atoms with Gasteiger partial charge >= 0.3 is 5.97 Å². The molecule has 0 aromatic heterocycles. The Hall–Kier alpha value is -1.30. The van der Waals surface area contributed by atoms with Crippen molar-refractivity contribution in [1.29, 1.82) is 5.26 Å². The van der Waals surface area contributed by atoms with Crippen LogP contribution in [0.25, 0.3) is 0 Å². The van der Waals surface area contributed by atoms with Crippen LogP contribution in [-0.2, 0) is 9.53 Å². The Balaban J connectivity index is 2.95. The maximum atomic E-state index is 11.9. The first-order valence-electron chi connectivity index (χ1n) is 5.96. The van der Waals surface area contributed by atoms with E-state index < -0.39 is 5.41 Å². The Labute approximate surface area is 97.1 Å². The lowest BCUT2D eigenvalue weighted by Gasteiger charge is -2.31. The van der Waals surface area contributed by atoms with Gasteiger partial charge in [0.1, 0.15) is 0 Å². The van der Waals surface area contributed by atoms with Crippen LogP contribution in [0.5, 0.6) is 0 Å². The van der Waals surface area contributed by atoms with Gasteiger partial charge in [0.25, 0.3) is 0 Å². The van der Waals surface area contributed by atoms with E-state index in [2.05, 4.69) is 12.1 Å². The van der Waals surface area contributed by atoms with E-state index in [1.807, 2.05) is 13.0 Å². The zero-order chi connectivity index (χ0) is 12.0. The molecule has 1 aliphatic rings. The molecule has 1 rings (SSSR count). The van der Waals surface area contributed by atoms with Crippen LogP contribution in [-0.4, -0.2) is 12.6 Å². The minimum atomic E-state index is -0.979. The van der Waals surface area contributed by atoms with Gasteiger partial charge < -0.3 is 4.74 Å². The molecule has 0 aromatic carbocycles. The topological polar surface area (TPSA) is 50.1 Å². The summed E-state index contributed by atoms with van der Waals surface area (Å²) in [6, 6.07) is 2.19. The molecule has 0 bridgehead atoms. The summed E-state index contributed by atoms with van der Waals surface area (Å²) in [5, 5.41) is 9.34. The van der Waals surface area contributed by atoms with Crippen molar-refractivity contribution in [2.75, 3.05) is 6.61 Å². The van der Waals surface area contributed by atoms with Crippen LogP contribution >= 0.6 is 0 Å². The van der Waals surface area contributed by atoms with Crippen LogP contribution in [0.3, 0.4) is 0 Å². The Morgan fingerprint density at radius 3 is 2.81 bits per heavy atom. The molecule has 0 amide bonds. The number of rotatable bonds is 4. The van der Waals surface area contributed by atoms with Crippen LogP contribution in [0, 0.1) is 22.7 Å². The van der Waals surface area contributed by atoms with Gasteiger partial charge in [0.15, 0.2) is 5.41 Å². The predicted molar refractivity (Wildman–Crippen MR) is 61.5 cm³/mol. The van der Waals surface area contributed by atoms with E-state index in [4.69, 9.17) is 4.74 Å². The van der Waals surface area contributed by atoms with Crippen LogP contribution < -0.4 is 0 Å². The van der Waals surface area contributed by atoms with Gasteiger partial charge in [-0.2, -0.15) is 5.26 Å². The third-order valence-corrected chi connectivity index (χ3v) is 3.28. The van der Waals surface area contributed by atoms with Gasteiger partial charge in [0, 0.05) is 5.92 Å². The number of hydrogen-bond acceptors (Lipinski definition) is 3. The molecule has 3 nitrogen and oxygen atoms in total. The molecule has 88 valence electrons. The van der Waals surface area contributed by atoms with Crippen LogP contribution in [0.1, 0.15) is 39.5 Å². The molecule has 0 heterocycles. The molecule has 0 aliphatic heterocycles. The second-order valence-corrected chi connectivity index (χ2v) is 4.12. The van der Waals surface area contributed by atoms with Crippen molar-refractivity contribution >= 4 is 5.97 Å². The van der Waals surface area contributed by atoms with Gasteiger partial charge in [0.05, 0.1) is 12.7 Å². The summed E-state index contributed by atoms with van der Waals surface area (Å²) in [6.45, 7) is 3.98. The summed E-state index contributed by atoms with van der Waals surface area (Å²) in [7, 11) is 0. The largest absolute Gasteiger partial charge is 0.465 e. The molecule has 2 atom stereocenters. The molecular weight excluding hydrogens is 202 g/mol. The fourth-order valence-electron chi connectivity index (χ4n) is 2.25. The summed E-state index contributed by atoms with van der Waals surface area (Å²) >= 11 is 0. The lowest BCUT2D eigenvalue weighted by Crippen LogP contribution is -2.38. The molecule has 3 heteroatoms. The van der Waals surface area contributed by atoms with E-state index in [1.54, 1.807) is 6.92 Å². The first-order valence-corrected chi connectivity index (χ1v) is 5.96. The average molecular weight is 221 g/mol. The van der Waals surface area contributed by atoms with Crippen LogP contribution in [0.15, 0.2) is 12.2 Å². The summed E-state index contributed by atoms with van der Waals surface area (Å²) in [4.78, 5) is 11.9. The van der Waals surface area contributed by atoms with E-state index in [1.165, 1.54) is 0 Å². The average Bonchev–Trinajstić information content (AvgIpc) is 2.33. The maximum Gasteiger partial charge on any atom is 0.327 e. The molecule has 0 spiro atoms. The monoisotopic (exact) mass is 221 g/mol. The summed E-state index contributed by atoms with van der Waals surface area (Å²) in [5.41, 5.74) is -0.979. The summed E-state index contributed by atoms with van der Waals surface area (Å²) in [6.07, 6.45) is 7.57. The highest BCUT2D eigenvalue weighted by Gasteiger charge is 2.45. The normalized spacial score (nSPS) is 23.2. The van der Waals surface area contributed by atoms with E-state index >= 15 is 0 Å². The van der Waals surface area contributed by atoms with Gasteiger partial charge in [0.2, 0.25) is 0 Å². The van der Waals surface area contributed by atoms with Gasteiger partial charge in [-0.05, 0) is 32.6 Å². The molecule has 0 saturated carbocycles. The molecule has 2 unspecified atom stereocenters. The zero-order valence-electron chi connectivity index (χ0n) is 10.0. The second kappa shape index (κ2) is 5.69. The predicted octanol–water partition coefficient (Wildman–Crippen LogP) is 2.83. The molecule has 0 saturated heterocycles. The van der Waals surface area contributed by atoms with Crippen LogP contribution in [0.4, 0.5) is 0 Å².